The predicted molar refractivity (Wildman–Crippen MR) is 118 cm³/mol. The van der Waals surface area contributed by atoms with Crippen molar-refractivity contribution in [3.05, 3.63) is 52.7 Å². The molecular formula is C22H19N5S2. The molecule has 1 atom stereocenters. The Morgan fingerprint density at radius 2 is 2.07 bits per heavy atom. The zero-order valence-corrected chi connectivity index (χ0v) is 17.8. The molecule has 1 aliphatic rings. The lowest BCUT2D eigenvalue weighted by Crippen LogP contribution is -2.08. The smallest absolute Gasteiger partial charge is 0.202 e. The van der Waals surface area contributed by atoms with E-state index in [1.807, 2.05) is 11.3 Å². The summed E-state index contributed by atoms with van der Waals surface area (Å²) in [5, 5.41) is 13.2. The van der Waals surface area contributed by atoms with E-state index >= 15 is 0 Å². The second-order valence-electron chi connectivity index (χ2n) is 7.83. The second-order valence-corrected chi connectivity index (χ2v) is 9.87. The van der Waals surface area contributed by atoms with Gasteiger partial charge in [-0.1, -0.05) is 25.1 Å². The Bertz CT molecular complexity index is 1400. The average molecular weight is 418 g/mol. The molecule has 0 spiro atoms. The molecule has 5 nitrogen and oxygen atoms in total. The van der Waals surface area contributed by atoms with Gasteiger partial charge in [0.05, 0.1) is 5.52 Å². The summed E-state index contributed by atoms with van der Waals surface area (Å²) < 4.78 is 2.14. The number of aromatic nitrogens is 5. The summed E-state index contributed by atoms with van der Waals surface area (Å²) in [5.74, 6) is 0.745. The molecule has 0 radical (unpaired) electrons. The lowest BCUT2D eigenvalue weighted by Gasteiger charge is -2.18. The Hall–Kier alpha value is -2.51. The molecule has 0 bridgehead atoms. The number of pyridine rings is 1. The van der Waals surface area contributed by atoms with Gasteiger partial charge in [0.15, 0.2) is 5.65 Å². The number of rotatable bonds is 2. The largest absolute Gasteiger partial charge is 0.270 e. The molecule has 0 unspecified atom stereocenters. The van der Waals surface area contributed by atoms with Crippen LogP contribution in [0, 0.1) is 12.8 Å². The van der Waals surface area contributed by atoms with Crippen LogP contribution >= 0.6 is 23.1 Å². The van der Waals surface area contributed by atoms with Crippen LogP contribution < -0.4 is 0 Å². The van der Waals surface area contributed by atoms with Crippen LogP contribution in [0.5, 0.6) is 0 Å². The number of para-hydroxylation sites is 1. The SMILES string of the molecule is Cc1cc2nnc(Sc3ncnc4sc5c(c34)CC[C@H](C)C5)n2c2ccccc12. The zero-order valence-electron chi connectivity index (χ0n) is 16.2. The molecule has 144 valence electrons. The van der Waals surface area contributed by atoms with Crippen molar-refractivity contribution in [3.8, 4) is 0 Å². The summed E-state index contributed by atoms with van der Waals surface area (Å²) in [4.78, 5) is 11.8. The molecule has 0 amide bonds. The predicted octanol–water partition coefficient (Wildman–Crippen LogP) is 5.47. The maximum Gasteiger partial charge on any atom is 0.202 e. The van der Waals surface area contributed by atoms with Gasteiger partial charge in [-0.25, -0.2) is 9.97 Å². The fourth-order valence-corrected chi connectivity index (χ4v) is 6.73. The summed E-state index contributed by atoms with van der Waals surface area (Å²) in [5.41, 5.74) is 4.65. The molecule has 5 aromatic rings. The van der Waals surface area contributed by atoms with Crippen molar-refractivity contribution in [3.63, 3.8) is 0 Å². The van der Waals surface area contributed by atoms with Crippen LogP contribution in [0.1, 0.15) is 29.3 Å². The van der Waals surface area contributed by atoms with E-state index in [4.69, 9.17) is 0 Å². The first-order chi connectivity index (χ1) is 14.2. The molecule has 7 heteroatoms. The van der Waals surface area contributed by atoms with E-state index in [0.717, 1.165) is 44.9 Å². The zero-order chi connectivity index (χ0) is 19.5. The van der Waals surface area contributed by atoms with E-state index in [-0.39, 0.29) is 0 Å². The summed E-state index contributed by atoms with van der Waals surface area (Å²) >= 11 is 3.43. The van der Waals surface area contributed by atoms with Crippen LogP contribution in [-0.4, -0.2) is 24.6 Å². The van der Waals surface area contributed by atoms with Crippen LogP contribution in [0.15, 0.2) is 46.8 Å². The number of nitrogens with zero attached hydrogens (tertiary/aromatic N) is 5. The maximum absolute atomic E-state index is 4.66. The third kappa shape index (κ3) is 2.68. The molecule has 0 aliphatic heterocycles. The normalized spacial score (nSPS) is 16.7. The van der Waals surface area contributed by atoms with Gasteiger partial charge in [0.25, 0.3) is 0 Å². The Morgan fingerprint density at radius 3 is 3.00 bits per heavy atom. The van der Waals surface area contributed by atoms with Gasteiger partial charge < -0.3 is 0 Å². The first-order valence-corrected chi connectivity index (χ1v) is 11.5. The first-order valence-electron chi connectivity index (χ1n) is 9.85. The van der Waals surface area contributed by atoms with Gasteiger partial charge in [-0.3, -0.25) is 4.40 Å². The molecule has 1 aromatic carbocycles. The third-order valence-corrected chi connectivity index (χ3v) is 7.93. The maximum atomic E-state index is 4.66. The average Bonchev–Trinajstić information content (AvgIpc) is 3.29. The van der Waals surface area contributed by atoms with Crippen molar-refractivity contribution in [2.24, 2.45) is 5.92 Å². The molecule has 0 fully saturated rings. The quantitative estimate of drug-likeness (QED) is 0.356. The van der Waals surface area contributed by atoms with Gasteiger partial charge in [0.1, 0.15) is 16.2 Å². The number of thiophene rings is 1. The summed E-state index contributed by atoms with van der Waals surface area (Å²) in [6, 6.07) is 10.5. The van der Waals surface area contributed by atoms with Gasteiger partial charge in [-0.15, -0.1) is 21.5 Å². The molecule has 6 rings (SSSR count). The molecule has 1 aliphatic carbocycles. The summed E-state index contributed by atoms with van der Waals surface area (Å²) in [6.07, 6.45) is 5.18. The van der Waals surface area contributed by atoms with Crippen LogP contribution in [0.2, 0.25) is 0 Å². The van der Waals surface area contributed by atoms with Gasteiger partial charge in [0.2, 0.25) is 5.16 Å². The summed E-state index contributed by atoms with van der Waals surface area (Å²) in [7, 11) is 0. The Morgan fingerprint density at radius 1 is 1.17 bits per heavy atom. The van der Waals surface area contributed by atoms with Gasteiger partial charge >= 0.3 is 0 Å². The molecule has 29 heavy (non-hydrogen) atoms. The van der Waals surface area contributed by atoms with Gasteiger partial charge in [0, 0.05) is 15.6 Å². The van der Waals surface area contributed by atoms with Crippen LogP contribution in [0.3, 0.4) is 0 Å². The van der Waals surface area contributed by atoms with Gasteiger partial charge in [-0.2, -0.15) is 0 Å². The fourth-order valence-electron chi connectivity index (χ4n) is 4.35. The van der Waals surface area contributed by atoms with Crippen molar-refractivity contribution < 1.29 is 0 Å². The fraction of sp³-hybridized carbons (Fsp3) is 0.273. The number of aryl methyl sites for hydroxylation is 2. The van der Waals surface area contributed by atoms with Crippen LogP contribution in [0.4, 0.5) is 0 Å². The minimum atomic E-state index is 0.745. The molecule has 0 saturated heterocycles. The highest BCUT2D eigenvalue weighted by atomic mass is 32.2. The number of hydrogen-bond acceptors (Lipinski definition) is 6. The second kappa shape index (κ2) is 6.50. The molecule has 0 saturated carbocycles. The first kappa shape index (κ1) is 17.4. The highest BCUT2D eigenvalue weighted by Crippen LogP contribution is 2.42. The van der Waals surface area contributed by atoms with E-state index < -0.39 is 0 Å². The third-order valence-electron chi connectivity index (χ3n) is 5.82. The molecule has 4 heterocycles. The van der Waals surface area contributed by atoms with E-state index in [0.29, 0.717) is 0 Å². The van der Waals surface area contributed by atoms with Crippen molar-refractivity contribution >= 4 is 49.9 Å². The van der Waals surface area contributed by atoms with E-state index in [9.17, 15) is 0 Å². The standard InChI is InChI=1S/C22H19N5S2/c1-12-7-8-15-17(9-12)28-20-19(15)21(24-11-23-20)29-22-26-25-18-10-13(2)14-5-3-4-6-16(14)27(18)22/h3-6,10-12H,7-9H2,1-2H3/t12-/m0/s1. The Labute approximate surface area is 176 Å². The minimum Gasteiger partial charge on any atom is -0.270 e. The summed E-state index contributed by atoms with van der Waals surface area (Å²) in [6.45, 7) is 4.46. The van der Waals surface area contributed by atoms with E-state index in [2.05, 4.69) is 68.7 Å². The topological polar surface area (TPSA) is 56.0 Å². The number of fused-ring (bicyclic) bond motifs is 6. The van der Waals surface area contributed by atoms with E-state index in [1.165, 1.54) is 33.2 Å². The van der Waals surface area contributed by atoms with Crippen molar-refractivity contribution in [2.75, 3.05) is 0 Å². The Balaban J connectivity index is 1.54. The Kier molecular flexibility index (Phi) is 3.89. The van der Waals surface area contributed by atoms with Crippen molar-refractivity contribution in [2.45, 2.75) is 43.3 Å². The number of hydrogen-bond donors (Lipinski definition) is 0. The lowest BCUT2D eigenvalue weighted by molar-refractivity contribution is 0.509. The molecule has 0 N–H and O–H groups in total. The monoisotopic (exact) mass is 417 g/mol. The molecule has 4 aromatic heterocycles. The lowest BCUT2D eigenvalue weighted by atomic mass is 9.89. The highest BCUT2D eigenvalue weighted by molar-refractivity contribution is 7.99. The number of benzene rings is 1. The van der Waals surface area contributed by atoms with Gasteiger partial charge in [-0.05, 0) is 67.1 Å². The van der Waals surface area contributed by atoms with Crippen LogP contribution in [-0.2, 0) is 12.8 Å². The van der Waals surface area contributed by atoms with E-state index in [1.54, 1.807) is 18.1 Å². The minimum absolute atomic E-state index is 0.745. The van der Waals surface area contributed by atoms with Crippen molar-refractivity contribution in [1.82, 2.24) is 24.6 Å². The highest BCUT2D eigenvalue weighted by Gasteiger charge is 2.24. The van der Waals surface area contributed by atoms with Crippen molar-refractivity contribution in [1.29, 1.82) is 0 Å². The molecular weight excluding hydrogens is 398 g/mol. The van der Waals surface area contributed by atoms with Crippen LogP contribution in [0.25, 0.3) is 26.8 Å².